The van der Waals surface area contributed by atoms with Gasteiger partial charge < -0.3 is 4.90 Å². The van der Waals surface area contributed by atoms with E-state index in [0.29, 0.717) is 22.1 Å². The van der Waals surface area contributed by atoms with E-state index in [0.717, 1.165) is 37.1 Å². The van der Waals surface area contributed by atoms with Crippen molar-refractivity contribution >= 4 is 49.3 Å². The number of benzene rings is 2. The lowest BCUT2D eigenvalue weighted by Crippen LogP contribution is -2.43. The summed E-state index contributed by atoms with van der Waals surface area (Å²) in [5.41, 5.74) is 2.02. The number of hydrogen-bond donors (Lipinski definition) is 0. The molecule has 2 aromatic carbocycles. The molecule has 0 radical (unpaired) electrons. The Kier molecular flexibility index (Phi) is 6.90. The molecule has 9 heteroatoms. The molecule has 0 amide bonds. The van der Waals surface area contributed by atoms with Crippen LogP contribution in [0.4, 0.5) is 0 Å². The fraction of sp³-hybridized carbons (Fsp3) is 0.286. The van der Waals surface area contributed by atoms with Gasteiger partial charge in [0.05, 0.1) is 17.1 Å². The minimum atomic E-state index is -3.78. The van der Waals surface area contributed by atoms with Crippen LogP contribution >= 0.6 is 28.3 Å². The van der Waals surface area contributed by atoms with Crippen molar-refractivity contribution in [3.8, 4) is 6.07 Å². The maximum absolute atomic E-state index is 13.4. The van der Waals surface area contributed by atoms with Gasteiger partial charge in [-0.15, -0.1) is 12.4 Å². The molecule has 30 heavy (non-hydrogen) atoms. The molecule has 1 aliphatic rings. The van der Waals surface area contributed by atoms with Gasteiger partial charge in [-0.2, -0.15) is 5.26 Å². The number of likely N-dealkylation sites (N-methyl/N-ethyl adjacent to an activating group) is 1. The molecule has 3 aromatic rings. The summed E-state index contributed by atoms with van der Waals surface area (Å²) in [5, 5.41) is 10.1. The van der Waals surface area contributed by atoms with Gasteiger partial charge in [0, 0.05) is 48.8 Å². The number of fused-ring (bicyclic) bond motifs is 1. The van der Waals surface area contributed by atoms with Gasteiger partial charge in [0.1, 0.15) is 4.90 Å². The minimum Gasteiger partial charge on any atom is -0.304 e. The SMILES string of the molecule is CN1CCN(Cc2cn(S(=O)(=O)c3ccccc3Br)c3ccc(C#N)cc23)CC1.Cl. The van der Waals surface area contributed by atoms with Crippen molar-refractivity contribution in [3.63, 3.8) is 0 Å². The van der Waals surface area contributed by atoms with Crippen molar-refractivity contribution in [2.24, 2.45) is 0 Å². The van der Waals surface area contributed by atoms with Crippen molar-refractivity contribution in [2.45, 2.75) is 11.4 Å². The molecular formula is C21H22BrClN4O2S. The molecule has 6 nitrogen and oxygen atoms in total. The third-order valence-electron chi connectivity index (χ3n) is 5.35. The second-order valence-electron chi connectivity index (χ2n) is 7.31. The van der Waals surface area contributed by atoms with Crippen molar-refractivity contribution in [2.75, 3.05) is 33.2 Å². The monoisotopic (exact) mass is 508 g/mol. The van der Waals surface area contributed by atoms with E-state index in [9.17, 15) is 13.7 Å². The molecule has 1 saturated heterocycles. The molecule has 0 aliphatic carbocycles. The van der Waals surface area contributed by atoms with Gasteiger partial charge in [-0.3, -0.25) is 4.90 Å². The fourth-order valence-electron chi connectivity index (χ4n) is 3.67. The molecule has 0 atom stereocenters. The first kappa shape index (κ1) is 22.8. The zero-order chi connectivity index (χ0) is 20.6. The van der Waals surface area contributed by atoms with Gasteiger partial charge >= 0.3 is 0 Å². The third kappa shape index (κ3) is 4.27. The maximum atomic E-state index is 13.4. The fourth-order valence-corrected chi connectivity index (χ4v) is 6.03. The topological polar surface area (TPSA) is 69.3 Å². The van der Waals surface area contributed by atoms with E-state index >= 15 is 0 Å². The lowest BCUT2D eigenvalue weighted by molar-refractivity contribution is 0.148. The molecule has 0 N–H and O–H groups in total. The van der Waals surface area contributed by atoms with Gasteiger partial charge in [-0.05, 0) is 58.9 Å². The van der Waals surface area contributed by atoms with Crippen LogP contribution in [0.1, 0.15) is 11.1 Å². The normalized spacial score (nSPS) is 15.6. The molecule has 158 valence electrons. The minimum absolute atomic E-state index is 0. The summed E-state index contributed by atoms with van der Waals surface area (Å²) in [5.74, 6) is 0. The van der Waals surface area contributed by atoms with Gasteiger partial charge in [-0.25, -0.2) is 12.4 Å². The lowest BCUT2D eigenvalue weighted by atomic mass is 10.1. The Morgan fingerprint density at radius 1 is 1.10 bits per heavy atom. The highest BCUT2D eigenvalue weighted by atomic mass is 79.9. The molecule has 0 bridgehead atoms. The molecular weight excluding hydrogens is 488 g/mol. The molecule has 1 aromatic heterocycles. The molecule has 0 spiro atoms. The van der Waals surface area contributed by atoms with E-state index in [1.165, 1.54) is 3.97 Å². The van der Waals surface area contributed by atoms with Crippen LogP contribution in [-0.2, 0) is 16.6 Å². The number of piperazine rings is 1. The van der Waals surface area contributed by atoms with Gasteiger partial charge in [0.15, 0.2) is 0 Å². The Hall–Kier alpha value is -1.89. The number of nitriles is 1. The summed E-state index contributed by atoms with van der Waals surface area (Å²) < 4.78 is 28.7. The van der Waals surface area contributed by atoms with E-state index in [1.807, 2.05) is 0 Å². The first-order valence-electron chi connectivity index (χ1n) is 9.35. The third-order valence-corrected chi connectivity index (χ3v) is 8.03. The smallest absolute Gasteiger partial charge is 0.269 e. The highest BCUT2D eigenvalue weighted by molar-refractivity contribution is 9.10. The number of aromatic nitrogens is 1. The standard InChI is InChI=1S/C21H21BrN4O2S.ClH/c1-24-8-10-25(11-9-24)14-17-15-26(20-7-6-16(13-23)12-18(17)20)29(27,28)21-5-3-2-4-19(21)22;/h2-7,12,15H,8-11,14H2,1H3;1H. The van der Waals surface area contributed by atoms with Crippen molar-refractivity contribution in [1.29, 1.82) is 5.26 Å². The highest BCUT2D eigenvalue weighted by Crippen LogP contribution is 2.30. The second-order valence-corrected chi connectivity index (χ2v) is 9.95. The lowest BCUT2D eigenvalue weighted by Gasteiger charge is -2.32. The van der Waals surface area contributed by atoms with E-state index in [1.54, 1.807) is 48.7 Å². The summed E-state index contributed by atoms with van der Waals surface area (Å²) in [6.07, 6.45) is 1.71. The number of hydrogen-bond acceptors (Lipinski definition) is 5. The van der Waals surface area contributed by atoms with E-state index in [4.69, 9.17) is 0 Å². The Morgan fingerprint density at radius 2 is 1.80 bits per heavy atom. The number of rotatable bonds is 4. The van der Waals surface area contributed by atoms with Crippen LogP contribution in [-0.4, -0.2) is 55.4 Å². The maximum Gasteiger partial charge on any atom is 0.269 e. The van der Waals surface area contributed by atoms with E-state index in [2.05, 4.69) is 38.8 Å². The summed E-state index contributed by atoms with van der Waals surface area (Å²) in [4.78, 5) is 4.82. The van der Waals surface area contributed by atoms with Crippen LogP contribution in [0, 0.1) is 11.3 Å². The molecule has 2 heterocycles. The number of nitrogens with zero attached hydrogens (tertiary/aromatic N) is 4. The van der Waals surface area contributed by atoms with Crippen LogP contribution in [0.25, 0.3) is 10.9 Å². The van der Waals surface area contributed by atoms with Crippen LogP contribution in [0.2, 0.25) is 0 Å². The Balaban J connectivity index is 0.00000256. The Labute approximate surface area is 191 Å². The van der Waals surface area contributed by atoms with Crippen LogP contribution in [0.15, 0.2) is 58.0 Å². The zero-order valence-electron chi connectivity index (χ0n) is 16.5. The quantitative estimate of drug-likeness (QED) is 0.537. The van der Waals surface area contributed by atoms with Gasteiger partial charge in [-0.1, -0.05) is 12.1 Å². The van der Waals surface area contributed by atoms with Crippen LogP contribution in [0.5, 0.6) is 0 Å². The average molecular weight is 510 g/mol. The van der Waals surface area contributed by atoms with E-state index < -0.39 is 10.0 Å². The zero-order valence-corrected chi connectivity index (χ0v) is 19.7. The predicted octanol–water partition coefficient (Wildman–Crippen LogP) is 3.68. The summed E-state index contributed by atoms with van der Waals surface area (Å²) >= 11 is 3.36. The number of halogens is 2. The molecule has 1 fully saturated rings. The molecule has 0 saturated carbocycles. The summed E-state index contributed by atoms with van der Waals surface area (Å²) in [7, 11) is -1.68. The van der Waals surface area contributed by atoms with Crippen molar-refractivity contribution < 1.29 is 8.42 Å². The van der Waals surface area contributed by atoms with Gasteiger partial charge in [0.2, 0.25) is 0 Å². The van der Waals surface area contributed by atoms with Crippen LogP contribution < -0.4 is 0 Å². The predicted molar refractivity (Wildman–Crippen MR) is 123 cm³/mol. The molecule has 1 aliphatic heterocycles. The Bertz CT molecular complexity index is 1210. The first-order valence-corrected chi connectivity index (χ1v) is 11.6. The first-order chi connectivity index (χ1) is 13.9. The average Bonchev–Trinajstić information content (AvgIpc) is 3.08. The largest absolute Gasteiger partial charge is 0.304 e. The molecule has 0 unspecified atom stereocenters. The second kappa shape index (κ2) is 9.08. The Morgan fingerprint density at radius 3 is 2.47 bits per heavy atom. The van der Waals surface area contributed by atoms with Crippen molar-refractivity contribution in [3.05, 3.63) is 64.3 Å². The summed E-state index contributed by atoms with van der Waals surface area (Å²) in [6, 6.07) is 14.1. The van der Waals surface area contributed by atoms with E-state index in [-0.39, 0.29) is 17.3 Å². The molecule has 4 rings (SSSR count). The van der Waals surface area contributed by atoms with Gasteiger partial charge in [0.25, 0.3) is 10.0 Å². The highest BCUT2D eigenvalue weighted by Gasteiger charge is 2.24. The van der Waals surface area contributed by atoms with Crippen molar-refractivity contribution in [1.82, 2.24) is 13.8 Å². The summed E-state index contributed by atoms with van der Waals surface area (Å²) in [6.45, 7) is 4.47. The van der Waals surface area contributed by atoms with Crippen LogP contribution in [0.3, 0.4) is 0 Å².